The number of rotatable bonds is 7. The minimum Gasteiger partial charge on any atom is -0.335 e. The van der Waals surface area contributed by atoms with Crippen LogP contribution in [0.25, 0.3) is 0 Å². The first-order valence-electron chi connectivity index (χ1n) is 13.3. The summed E-state index contributed by atoms with van der Waals surface area (Å²) in [5.41, 5.74) is 5.05. The van der Waals surface area contributed by atoms with Crippen molar-refractivity contribution in [3.63, 3.8) is 0 Å². The van der Waals surface area contributed by atoms with Gasteiger partial charge in [-0.05, 0) is 72.9 Å². The van der Waals surface area contributed by atoms with Crippen molar-refractivity contribution in [1.82, 2.24) is 9.80 Å². The molecule has 35 heavy (non-hydrogen) atoms. The van der Waals surface area contributed by atoms with E-state index in [0.29, 0.717) is 17.9 Å². The van der Waals surface area contributed by atoms with Crippen LogP contribution in [0.4, 0.5) is 0 Å². The smallest absolute Gasteiger partial charge is 0.254 e. The van der Waals surface area contributed by atoms with Crippen LogP contribution in [0.15, 0.2) is 66.0 Å². The summed E-state index contributed by atoms with van der Waals surface area (Å²) in [7, 11) is 0. The van der Waals surface area contributed by atoms with E-state index in [9.17, 15) is 4.79 Å². The molecule has 1 aliphatic carbocycles. The fraction of sp³-hybridized carbons (Fsp3) is 0.452. The predicted molar refractivity (Wildman–Crippen MR) is 146 cm³/mol. The lowest BCUT2D eigenvalue weighted by Crippen LogP contribution is -2.45. The molecule has 4 heteroatoms. The quantitative estimate of drug-likeness (QED) is 0.357. The first-order chi connectivity index (χ1) is 17.1. The average Bonchev–Trinajstić information content (AvgIpc) is 3.49. The zero-order chi connectivity index (χ0) is 24.2. The lowest BCUT2D eigenvalue weighted by atomic mass is 9.85. The normalized spacial score (nSPS) is 21.3. The molecule has 0 N–H and O–H groups in total. The van der Waals surface area contributed by atoms with Gasteiger partial charge >= 0.3 is 0 Å². The first kappa shape index (κ1) is 24.3. The Kier molecular flexibility index (Phi) is 7.69. The van der Waals surface area contributed by atoms with Crippen molar-refractivity contribution in [3.05, 3.63) is 93.2 Å². The summed E-state index contributed by atoms with van der Waals surface area (Å²) in [6.45, 7) is 8.43. The van der Waals surface area contributed by atoms with Crippen LogP contribution in [0.3, 0.4) is 0 Å². The largest absolute Gasteiger partial charge is 0.335 e. The third-order valence-corrected chi connectivity index (χ3v) is 9.18. The predicted octanol–water partition coefficient (Wildman–Crippen LogP) is 7.06. The van der Waals surface area contributed by atoms with Gasteiger partial charge in [0.15, 0.2) is 0 Å². The summed E-state index contributed by atoms with van der Waals surface area (Å²) < 4.78 is 0. The van der Waals surface area contributed by atoms with Crippen LogP contribution >= 0.6 is 11.3 Å². The molecule has 2 heterocycles. The topological polar surface area (TPSA) is 23.6 Å². The van der Waals surface area contributed by atoms with Crippen molar-refractivity contribution in [2.24, 2.45) is 5.92 Å². The molecule has 1 saturated carbocycles. The Hall–Kier alpha value is -2.43. The molecule has 3 nitrogen and oxygen atoms in total. The SMILES string of the molecule is Cc1ccccc1[C@@H]1CN(Cc2sccc2C)C[C@H]1CN(C(=O)c1ccccc1)C1CCCCC1. The second kappa shape index (κ2) is 11.1. The van der Waals surface area contributed by atoms with Gasteiger partial charge in [-0.15, -0.1) is 11.3 Å². The Morgan fingerprint density at radius 2 is 1.66 bits per heavy atom. The highest BCUT2D eigenvalue weighted by molar-refractivity contribution is 7.10. The monoisotopic (exact) mass is 486 g/mol. The third kappa shape index (κ3) is 5.54. The van der Waals surface area contributed by atoms with Crippen molar-refractivity contribution in [1.29, 1.82) is 0 Å². The Bertz CT molecular complexity index is 1120. The van der Waals surface area contributed by atoms with Gasteiger partial charge < -0.3 is 4.90 Å². The molecule has 3 aromatic rings. The van der Waals surface area contributed by atoms with E-state index in [1.54, 1.807) is 0 Å². The van der Waals surface area contributed by atoms with E-state index in [2.05, 4.69) is 59.4 Å². The van der Waals surface area contributed by atoms with Gasteiger partial charge in [0.05, 0.1) is 0 Å². The number of thiophene rings is 1. The summed E-state index contributed by atoms with van der Waals surface area (Å²) in [4.78, 5) is 20.2. The van der Waals surface area contributed by atoms with Gasteiger partial charge in [-0.2, -0.15) is 0 Å². The summed E-state index contributed by atoms with van der Waals surface area (Å²) in [5.74, 6) is 1.10. The van der Waals surface area contributed by atoms with E-state index >= 15 is 0 Å². The summed E-state index contributed by atoms with van der Waals surface area (Å²) in [5, 5.41) is 2.21. The molecule has 0 unspecified atom stereocenters. The van der Waals surface area contributed by atoms with Crippen LogP contribution in [0.2, 0.25) is 0 Å². The standard InChI is InChI=1S/C31H38N2OS/c1-23-11-9-10-16-28(23)29-21-32(22-30-24(2)17-18-35-30)19-26(29)20-33(27-14-7-4-8-15-27)31(34)25-12-5-3-6-13-25/h3,5-6,9-13,16-18,26-27,29H,4,7-8,14-15,19-22H2,1-2H3/t26-,29+/m0/s1. The number of aryl methyl sites for hydroxylation is 2. The van der Waals surface area contributed by atoms with E-state index < -0.39 is 0 Å². The number of likely N-dealkylation sites (tertiary alicyclic amines) is 1. The van der Waals surface area contributed by atoms with Crippen LogP contribution in [0.5, 0.6) is 0 Å². The molecule has 184 valence electrons. The van der Waals surface area contributed by atoms with Gasteiger partial charge in [0.2, 0.25) is 0 Å². The molecule has 1 saturated heterocycles. The van der Waals surface area contributed by atoms with Gasteiger partial charge in [0.1, 0.15) is 0 Å². The van der Waals surface area contributed by atoms with Crippen LogP contribution in [-0.2, 0) is 6.54 Å². The van der Waals surface area contributed by atoms with Crippen LogP contribution in [0, 0.1) is 19.8 Å². The molecule has 1 amide bonds. The second-order valence-corrected chi connectivity index (χ2v) is 11.6. The zero-order valence-corrected chi connectivity index (χ0v) is 22.0. The lowest BCUT2D eigenvalue weighted by molar-refractivity contribution is 0.0588. The molecule has 1 aromatic heterocycles. The molecular formula is C31H38N2OS. The van der Waals surface area contributed by atoms with E-state index in [0.717, 1.165) is 44.6 Å². The lowest BCUT2D eigenvalue weighted by Gasteiger charge is -2.37. The third-order valence-electron chi connectivity index (χ3n) is 8.17. The van der Waals surface area contributed by atoms with Gasteiger partial charge in [0, 0.05) is 48.6 Å². The minimum absolute atomic E-state index is 0.216. The number of carbonyl (C=O) groups is 1. The van der Waals surface area contributed by atoms with E-state index in [4.69, 9.17) is 0 Å². The molecule has 1 aliphatic heterocycles. The van der Waals surface area contributed by atoms with Gasteiger partial charge in [-0.3, -0.25) is 9.69 Å². The van der Waals surface area contributed by atoms with Gasteiger partial charge in [-0.25, -0.2) is 0 Å². The van der Waals surface area contributed by atoms with Crippen LogP contribution in [0.1, 0.15) is 69.9 Å². The van der Waals surface area contributed by atoms with Crippen molar-refractivity contribution in [2.75, 3.05) is 19.6 Å². The molecule has 2 aliphatic rings. The van der Waals surface area contributed by atoms with Crippen LogP contribution in [-0.4, -0.2) is 41.4 Å². The maximum Gasteiger partial charge on any atom is 0.254 e. The number of hydrogen-bond donors (Lipinski definition) is 0. The van der Waals surface area contributed by atoms with Crippen LogP contribution < -0.4 is 0 Å². The Labute approximate surface area is 214 Å². The average molecular weight is 487 g/mol. The summed E-state index contributed by atoms with van der Waals surface area (Å²) in [6.07, 6.45) is 6.04. The molecule has 2 fully saturated rings. The molecular weight excluding hydrogens is 448 g/mol. The van der Waals surface area contributed by atoms with E-state index in [-0.39, 0.29) is 5.91 Å². The molecule has 0 spiro atoms. The highest BCUT2D eigenvalue weighted by Gasteiger charge is 2.38. The fourth-order valence-electron chi connectivity index (χ4n) is 6.19. The maximum atomic E-state index is 13.8. The maximum absolute atomic E-state index is 13.8. The number of nitrogens with zero attached hydrogens (tertiary/aromatic N) is 2. The molecule has 2 aromatic carbocycles. The highest BCUT2D eigenvalue weighted by atomic mass is 32.1. The Balaban J connectivity index is 1.43. The van der Waals surface area contributed by atoms with Crippen molar-refractivity contribution in [2.45, 2.75) is 64.5 Å². The Morgan fingerprint density at radius 1 is 0.914 bits per heavy atom. The van der Waals surface area contributed by atoms with Gasteiger partial charge in [-0.1, -0.05) is 61.7 Å². The number of hydrogen-bond acceptors (Lipinski definition) is 3. The number of benzene rings is 2. The van der Waals surface area contributed by atoms with Crippen molar-refractivity contribution < 1.29 is 4.79 Å². The zero-order valence-electron chi connectivity index (χ0n) is 21.2. The first-order valence-corrected chi connectivity index (χ1v) is 14.1. The fourth-order valence-corrected chi connectivity index (χ4v) is 7.14. The molecule has 0 bridgehead atoms. The van der Waals surface area contributed by atoms with E-state index in [1.165, 1.54) is 40.8 Å². The van der Waals surface area contributed by atoms with Crippen molar-refractivity contribution in [3.8, 4) is 0 Å². The number of amides is 1. The molecule has 2 atom stereocenters. The van der Waals surface area contributed by atoms with E-state index in [1.807, 2.05) is 41.7 Å². The molecule has 5 rings (SSSR count). The van der Waals surface area contributed by atoms with Gasteiger partial charge in [0.25, 0.3) is 5.91 Å². The van der Waals surface area contributed by atoms with Crippen molar-refractivity contribution >= 4 is 17.2 Å². The summed E-state index contributed by atoms with van der Waals surface area (Å²) in [6, 6.07) is 21.4. The second-order valence-electron chi connectivity index (χ2n) is 10.6. The Morgan fingerprint density at radius 3 is 2.37 bits per heavy atom. The molecule has 0 radical (unpaired) electrons. The highest BCUT2D eigenvalue weighted by Crippen LogP contribution is 2.37. The number of carbonyl (C=O) groups excluding carboxylic acids is 1. The minimum atomic E-state index is 0.216. The summed E-state index contributed by atoms with van der Waals surface area (Å²) >= 11 is 1.87.